The Kier molecular flexibility index (Phi) is 7.34. The fourth-order valence-corrected chi connectivity index (χ4v) is 0.920. The van der Waals surface area contributed by atoms with Crippen molar-refractivity contribution < 1.29 is 9.53 Å². The molecule has 0 aliphatic rings. The van der Waals surface area contributed by atoms with Crippen molar-refractivity contribution in [3.05, 3.63) is 0 Å². The molecule has 0 saturated heterocycles. The summed E-state index contributed by atoms with van der Waals surface area (Å²) in [7, 11) is 1.78. The van der Waals surface area contributed by atoms with Crippen molar-refractivity contribution in [2.45, 2.75) is 39.2 Å². The zero-order valence-corrected chi connectivity index (χ0v) is 10.4. The first-order chi connectivity index (χ1) is 7.04. The van der Waals surface area contributed by atoms with E-state index in [1.165, 1.54) is 0 Å². The van der Waals surface area contributed by atoms with Crippen LogP contribution in [0.25, 0.3) is 0 Å². The van der Waals surface area contributed by atoms with Gasteiger partial charge in [-0.25, -0.2) is 0 Å². The predicted molar refractivity (Wildman–Crippen MR) is 61.9 cm³/mol. The topological polar surface area (TPSA) is 50.4 Å². The van der Waals surface area contributed by atoms with E-state index in [2.05, 4.69) is 17.6 Å². The summed E-state index contributed by atoms with van der Waals surface area (Å²) in [6, 6.07) is 0. The van der Waals surface area contributed by atoms with Gasteiger partial charge in [0.05, 0.1) is 12.1 Å². The Balaban J connectivity index is 3.47. The highest BCUT2D eigenvalue weighted by Crippen LogP contribution is 1.99. The third-order valence-electron chi connectivity index (χ3n) is 2.37. The number of carbonyl (C=O) groups excluding carboxylic acids is 1. The first kappa shape index (κ1) is 14.4. The normalized spacial score (nSPS) is 11.5. The molecule has 0 aromatic carbocycles. The van der Waals surface area contributed by atoms with Gasteiger partial charge in [0.2, 0.25) is 5.91 Å². The molecule has 4 nitrogen and oxygen atoms in total. The SMILES string of the molecule is CCCCOCCNC(=O)C(C)(C)NC. The molecular formula is C11H24N2O2. The van der Waals surface area contributed by atoms with E-state index >= 15 is 0 Å². The lowest BCUT2D eigenvalue weighted by Crippen LogP contribution is -2.51. The van der Waals surface area contributed by atoms with Gasteiger partial charge in [-0.2, -0.15) is 0 Å². The van der Waals surface area contributed by atoms with Gasteiger partial charge in [-0.1, -0.05) is 13.3 Å². The number of hydrogen-bond acceptors (Lipinski definition) is 3. The molecule has 0 aliphatic carbocycles. The van der Waals surface area contributed by atoms with Gasteiger partial charge < -0.3 is 15.4 Å². The average Bonchev–Trinajstić information content (AvgIpc) is 2.22. The first-order valence-corrected chi connectivity index (χ1v) is 5.59. The van der Waals surface area contributed by atoms with Crippen molar-refractivity contribution in [1.29, 1.82) is 0 Å². The van der Waals surface area contributed by atoms with E-state index in [0.717, 1.165) is 19.4 Å². The molecule has 1 amide bonds. The zero-order chi connectivity index (χ0) is 11.7. The van der Waals surface area contributed by atoms with Gasteiger partial charge in [0.1, 0.15) is 0 Å². The minimum atomic E-state index is -0.510. The van der Waals surface area contributed by atoms with Gasteiger partial charge >= 0.3 is 0 Å². The molecule has 0 rings (SSSR count). The molecule has 0 spiro atoms. The van der Waals surface area contributed by atoms with E-state index in [0.29, 0.717) is 13.2 Å². The van der Waals surface area contributed by atoms with Crippen LogP contribution < -0.4 is 10.6 Å². The van der Waals surface area contributed by atoms with Crippen LogP contribution in [-0.4, -0.2) is 38.3 Å². The fraction of sp³-hybridized carbons (Fsp3) is 0.909. The standard InChI is InChI=1S/C11H24N2O2/c1-5-6-8-15-9-7-13-10(14)11(2,3)12-4/h12H,5-9H2,1-4H3,(H,13,14). The Morgan fingerprint density at radius 1 is 1.33 bits per heavy atom. The molecular weight excluding hydrogens is 192 g/mol. The van der Waals surface area contributed by atoms with Crippen LogP contribution in [0.15, 0.2) is 0 Å². The number of unbranched alkanes of at least 4 members (excludes halogenated alkanes) is 1. The second-order valence-electron chi connectivity index (χ2n) is 4.10. The second kappa shape index (κ2) is 7.65. The van der Waals surface area contributed by atoms with Gasteiger partial charge in [-0.3, -0.25) is 4.79 Å². The second-order valence-corrected chi connectivity index (χ2v) is 4.10. The summed E-state index contributed by atoms with van der Waals surface area (Å²) in [6.45, 7) is 7.77. The van der Waals surface area contributed by atoms with Crippen molar-refractivity contribution in [3.8, 4) is 0 Å². The van der Waals surface area contributed by atoms with Crippen LogP contribution >= 0.6 is 0 Å². The van der Waals surface area contributed by atoms with Crippen LogP contribution in [0.1, 0.15) is 33.6 Å². The lowest BCUT2D eigenvalue weighted by Gasteiger charge is -2.22. The number of amides is 1. The highest BCUT2D eigenvalue weighted by atomic mass is 16.5. The molecule has 15 heavy (non-hydrogen) atoms. The smallest absolute Gasteiger partial charge is 0.239 e. The van der Waals surface area contributed by atoms with Crippen molar-refractivity contribution in [2.75, 3.05) is 26.8 Å². The summed E-state index contributed by atoms with van der Waals surface area (Å²) in [5.41, 5.74) is -0.510. The van der Waals surface area contributed by atoms with Crippen molar-refractivity contribution >= 4 is 5.91 Å². The summed E-state index contributed by atoms with van der Waals surface area (Å²) in [6.07, 6.45) is 2.22. The summed E-state index contributed by atoms with van der Waals surface area (Å²) in [4.78, 5) is 11.6. The summed E-state index contributed by atoms with van der Waals surface area (Å²) < 4.78 is 5.34. The number of rotatable bonds is 8. The fourth-order valence-electron chi connectivity index (χ4n) is 0.920. The Bertz CT molecular complexity index is 181. The van der Waals surface area contributed by atoms with Gasteiger partial charge in [-0.05, 0) is 27.3 Å². The van der Waals surface area contributed by atoms with E-state index in [4.69, 9.17) is 4.74 Å². The monoisotopic (exact) mass is 216 g/mol. The van der Waals surface area contributed by atoms with E-state index < -0.39 is 5.54 Å². The highest BCUT2D eigenvalue weighted by Gasteiger charge is 2.24. The Hall–Kier alpha value is -0.610. The molecule has 0 aliphatic heterocycles. The largest absolute Gasteiger partial charge is 0.380 e. The maximum Gasteiger partial charge on any atom is 0.239 e. The number of hydrogen-bond donors (Lipinski definition) is 2. The molecule has 0 bridgehead atoms. The lowest BCUT2D eigenvalue weighted by molar-refractivity contribution is -0.126. The molecule has 0 heterocycles. The zero-order valence-electron chi connectivity index (χ0n) is 10.4. The number of ether oxygens (including phenoxy) is 1. The van der Waals surface area contributed by atoms with Gasteiger partial charge in [0.25, 0.3) is 0 Å². The molecule has 0 aromatic heterocycles. The van der Waals surface area contributed by atoms with E-state index in [1.54, 1.807) is 7.05 Å². The quantitative estimate of drug-likeness (QED) is 0.593. The molecule has 2 N–H and O–H groups in total. The maximum absolute atomic E-state index is 11.6. The van der Waals surface area contributed by atoms with Crippen LogP contribution in [0.2, 0.25) is 0 Å². The van der Waals surface area contributed by atoms with E-state index in [1.807, 2.05) is 13.8 Å². The highest BCUT2D eigenvalue weighted by molar-refractivity contribution is 5.85. The van der Waals surface area contributed by atoms with E-state index in [-0.39, 0.29) is 5.91 Å². The molecule has 0 fully saturated rings. The van der Waals surface area contributed by atoms with Crippen LogP contribution in [0.5, 0.6) is 0 Å². The molecule has 90 valence electrons. The van der Waals surface area contributed by atoms with Crippen molar-refractivity contribution in [1.82, 2.24) is 10.6 Å². The molecule has 0 radical (unpaired) electrons. The Morgan fingerprint density at radius 3 is 2.53 bits per heavy atom. The third-order valence-corrected chi connectivity index (χ3v) is 2.37. The molecule has 4 heteroatoms. The van der Waals surface area contributed by atoms with Crippen LogP contribution in [0.4, 0.5) is 0 Å². The third kappa shape index (κ3) is 6.47. The van der Waals surface area contributed by atoms with Crippen LogP contribution in [-0.2, 0) is 9.53 Å². The number of carbonyl (C=O) groups is 1. The van der Waals surface area contributed by atoms with Crippen LogP contribution in [0, 0.1) is 0 Å². The van der Waals surface area contributed by atoms with Crippen molar-refractivity contribution in [2.24, 2.45) is 0 Å². The summed E-state index contributed by atoms with van der Waals surface area (Å²) in [5.74, 6) is 0.00379. The first-order valence-electron chi connectivity index (χ1n) is 5.59. The minimum Gasteiger partial charge on any atom is -0.380 e. The molecule has 0 saturated carbocycles. The Morgan fingerprint density at radius 2 is 2.00 bits per heavy atom. The molecule has 0 unspecified atom stereocenters. The average molecular weight is 216 g/mol. The molecule has 0 aromatic rings. The lowest BCUT2D eigenvalue weighted by atomic mass is 10.1. The maximum atomic E-state index is 11.6. The minimum absolute atomic E-state index is 0.00379. The van der Waals surface area contributed by atoms with Crippen LogP contribution in [0.3, 0.4) is 0 Å². The van der Waals surface area contributed by atoms with E-state index in [9.17, 15) is 4.79 Å². The Labute approximate surface area is 92.8 Å². The molecule has 0 atom stereocenters. The summed E-state index contributed by atoms with van der Waals surface area (Å²) in [5, 5.41) is 5.77. The number of nitrogens with one attached hydrogen (secondary N) is 2. The predicted octanol–water partition coefficient (Wildman–Crippen LogP) is 0.917. The van der Waals surface area contributed by atoms with Gasteiger partial charge in [-0.15, -0.1) is 0 Å². The number of likely N-dealkylation sites (N-methyl/N-ethyl adjacent to an activating group) is 1. The van der Waals surface area contributed by atoms with Gasteiger partial charge in [0, 0.05) is 13.2 Å². The van der Waals surface area contributed by atoms with Gasteiger partial charge in [0.15, 0.2) is 0 Å². The summed E-state index contributed by atoms with van der Waals surface area (Å²) >= 11 is 0. The van der Waals surface area contributed by atoms with Crippen molar-refractivity contribution in [3.63, 3.8) is 0 Å².